The molecule has 0 amide bonds. The fourth-order valence-electron chi connectivity index (χ4n) is 2.61. The second-order valence-electron chi connectivity index (χ2n) is 5.73. The average molecular weight is 406 g/mol. The molecule has 0 spiro atoms. The molecule has 3 heterocycles. The van der Waals surface area contributed by atoms with Gasteiger partial charge in [0.1, 0.15) is 11.1 Å². The predicted octanol–water partition coefficient (Wildman–Crippen LogP) is 4.10. The summed E-state index contributed by atoms with van der Waals surface area (Å²) in [6.45, 7) is 1.95. The minimum Gasteiger partial charge on any atom is -0.269 e. The van der Waals surface area contributed by atoms with Crippen LogP contribution in [0, 0.1) is 18.3 Å². The van der Waals surface area contributed by atoms with Crippen molar-refractivity contribution in [1.82, 2.24) is 29.9 Å². The van der Waals surface area contributed by atoms with Gasteiger partial charge in [-0.2, -0.15) is 5.26 Å². The van der Waals surface area contributed by atoms with Gasteiger partial charge in [0.2, 0.25) is 5.16 Å². The lowest BCUT2D eigenvalue weighted by molar-refractivity contribution is 0.864. The Hall–Kier alpha value is -3.28. The minimum absolute atomic E-state index is 0.258. The largest absolute Gasteiger partial charge is 0.269 e. The van der Waals surface area contributed by atoms with E-state index in [1.807, 2.05) is 47.9 Å². The molecule has 0 unspecified atom stereocenters. The molecular formula is C19H12ClN7S. The van der Waals surface area contributed by atoms with Crippen molar-refractivity contribution in [3.8, 4) is 23.1 Å². The van der Waals surface area contributed by atoms with E-state index in [-0.39, 0.29) is 5.69 Å². The first-order valence-electron chi connectivity index (χ1n) is 8.20. The van der Waals surface area contributed by atoms with Crippen molar-refractivity contribution >= 4 is 23.4 Å². The fraction of sp³-hybridized carbons (Fsp3) is 0.0526. The standard InChI is InChI=1S/C19H12ClN7S/c1-12-15(20)3-2-4-16(12)27-18(13-7-9-22-10-8-13)25-26-19(27)28-17-6-5-14(11-21)23-24-17/h2-10H,1H3. The first-order valence-corrected chi connectivity index (χ1v) is 9.40. The summed E-state index contributed by atoms with van der Waals surface area (Å²) in [5.41, 5.74) is 2.91. The fourth-order valence-corrected chi connectivity index (χ4v) is 3.54. The Kier molecular flexibility index (Phi) is 5.02. The minimum atomic E-state index is 0.258. The Balaban J connectivity index is 1.86. The van der Waals surface area contributed by atoms with Crippen LogP contribution in [0.4, 0.5) is 0 Å². The molecule has 0 aliphatic heterocycles. The zero-order valence-corrected chi connectivity index (χ0v) is 16.2. The summed E-state index contributed by atoms with van der Waals surface area (Å²) in [5, 5.41) is 27.4. The van der Waals surface area contributed by atoms with Gasteiger partial charge < -0.3 is 0 Å². The molecule has 28 heavy (non-hydrogen) atoms. The molecule has 4 aromatic rings. The van der Waals surface area contributed by atoms with E-state index in [1.54, 1.807) is 24.5 Å². The van der Waals surface area contributed by atoms with Gasteiger partial charge in [0, 0.05) is 23.0 Å². The molecule has 0 aliphatic rings. The molecule has 136 valence electrons. The molecule has 3 aromatic heterocycles. The van der Waals surface area contributed by atoms with Crippen LogP contribution in [0.5, 0.6) is 0 Å². The van der Waals surface area contributed by atoms with E-state index < -0.39 is 0 Å². The van der Waals surface area contributed by atoms with Crippen LogP contribution >= 0.6 is 23.4 Å². The van der Waals surface area contributed by atoms with E-state index in [1.165, 1.54) is 11.8 Å². The second-order valence-corrected chi connectivity index (χ2v) is 7.13. The normalized spacial score (nSPS) is 10.6. The van der Waals surface area contributed by atoms with Crippen molar-refractivity contribution in [1.29, 1.82) is 5.26 Å². The van der Waals surface area contributed by atoms with Crippen LogP contribution in [-0.2, 0) is 0 Å². The molecule has 0 saturated carbocycles. The number of hydrogen-bond acceptors (Lipinski definition) is 7. The predicted molar refractivity (Wildman–Crippen MR) is 105 cm³/mol. The van der Waals surface area contributed by atoms with Crippen molar-refractivity contribution in [2.75, 3.05) is 0 Å². The SMILES string of the molecule is Cc1c(Cl)cccc1-n1c(Sc2ccc(C#N)nn2)nnc1-c1ccncc1. The smallest absolute Gasteiger partial charge is 0.202 e. The van der Waals surface area contributed by atoms with Crippen LogP contribution in [0.25, 0.3) is 17.1 Å². The van der Waals surface area contributed by atoms with Gasteiger partial charge in [0.05, 0.1) is 5.69 Å². The Morgan fingerprint density at radius 3 is 2.54 bits per heavy atom. The highest BCUT2D eigenvalue weighted by Gasteiger charge is 2.19. The van der Waals surface area contributed by atoms with Crippen molar-refractivity contribution in [3.63, 3.8) is 0 Å². The van der Waals surface area contributed by atoms with Gasteiger partial charge in [0.15, 0.2) is 11.5 Å². The molecule has 0 saturated heterocycles. The zero-order chi connectivity index (χ0) is 19.5. The molecule has 0 N–H and O–H groups in total. The lowest BCUT2D eigenvalue weighted by Gasteiger charge is -2.13. The van der Waals surface area contributed by atoms with Gasteiger partial charge in [-0.25, -0.2) is 0 Å². The summed E-state index contributed by atoms with van der Waals surface area (Å²) in [5.74, 6) is 0.664. The van der Waals surface area contributed by atoms with Crippen LogP contribution in [0.1, 0.15) is 11.3 Å². The molecule has 9 heteroatoms. The summed E-state index contributed by atoms with van der Waals surface area (Å²) in [4.78, 5) is 4.07. The summed E-state index contributed by atoms with van der Waals surface area (Å²) in [6, 6.07) is 14.7. The number of pyridine rings is 1. The summed E-state index contributed by atoms with van der Waals surface area (Å²) >= 11 is 7.66. The van der Waals surface area contributed by atoms with Gasteiger partial charge >= 0.3 is 0 Å². The summed E-state index contributed by atoms with van der Waals surface area (Å²) in [6.07, 6.45) is 3.41. The maximum atomic E-state index is 8.89. The highest BCUT2D eigenvalue weighted by Crippen LogP contribution is 2.33. The van der Waals surface area contributed by atoms with E-state index in [0.29, 0.717) is 21.0 Å². The second kappa shape index (κ2) is 7.76. The van der Waals surface area contributed by atoms with Gasteiger partial charge in [-0.1, -0.05) is 17.7 Å². The monoisotopic (exact) mass is 405 g/mol. The molecule has 7 nitrogen and oxygen atoms in total. The Morgan fingerprint density at radius 1 is 1.00 bits per heavy atom. The Morgan fingerprint density at radius 2 is 1.82 bits per heavy atom. The zero-order valence-electron chi connectivity index (χ0n) is 14.6. The summed E-state index contributed by atoms with van der Waals surface area (Å²) < 4.78 is 1.93. The first-order chi connectivity index (χ1) is 13.7. The molecule has 0 radical (unpaired) electrons. The lowest BCUT2D eigenvalue weighted by Crippen LogP contribution is -2.02. The third-order valence-corrected chi connectivity index (χ3v) is 5.29. The summed E-state index contributed by atoms with van der Waals surface area (Å²) in [7, 11) is 0. The van der Waals surface area contributed by atoms with Crippen LogP contribution < -0.4 is 0 Å². The van der Waals surface area contributed by atoms with Crippen LogP contribution in [0.2, 0.25) is 5.02 Å². The Labute approximate surface area is 170 Å². The highest BCUT2D eigenvalue weighted by molar-refractivity contribution is 7.99. The van der Waals surface area contributed by atoms with Crippen LogP contribution in [0.15, 0.2) is 65.0 Å². The number of benzene rings is 1. The van der Waals surface area contributed by atoms with Gasteiger partial charge in [-0.05, 0) is 60.6 Å². The van der Waals surface area contributed by atoms with E-state index in [0.717, 1.165) is 16.8 Å². The molecular weight excluding hydrogens is 394 g/mol. The Bertz CT molecular complexity index is 1170. The number of aromatic nitrogens is 6. The first kappa shape index (κ1) is 18.1. The topological polar surface area (TPSA) is 93.2 Å². The maximum Gasteiger partial charge on any atom is 0.202 e. The molecule has 4 rings (SSSR count). The number of rotatable bonds is 4. The quantitative estimate of drug-likeness (QED) is 0.504. The third kappa shape index (κ3) is 3.45. The van der Waals surface area contributed by atoms with Crippen molar-refractivity contribution < 1.29 is 0 Å². The van der Waals surface area contributed by atoms with Gasteiger partial charge in [-0.15, -0.1) is 20.4 Å². The number of halogens is 1. The molecule has 0 atom stereocenters. The van der Waals surface area contributed by atoms with E-state index in [4.69, 9.17) is 16.9 Å². The van der Waals surface area contributed by atoms with Gasteiger partial charge in [-0.3, -0.25) is 9.55 Å². The van der Waals surface area contributed by atoms with Crippen LogP contribution in [-0.4, -0.2) is 29.9 Å². The number of nitrogens with zero attached hydrogens (tertiary/aromatic N) is 7. The molecule has 1 aromatic carbocycles. The van der Waals surface area contributed by atoms with Gasteiger partial charge in [0.25, 0.3) is 0 Å². The van der Waals surface area contributed by atoms with E-state index >= 15 is 0 Å². The third-order valence-electron chi connectivity index (χ3n) is 4.00. The number of nitriles is 1. The molecule has 0 bridgehead atoms. The van der Waals surface area contributed by atoms with Crippen molar-refractivity contribution in [3.05, 3.63) is 71.1 Å². The number of hydrogen-bond donors (Lipinski definition) is 0. The van der Waals surface area contributed by atoms with Crippen molar-refractivity contribution in [2.45, 2.75) is 17.1 Å². The van der Waals surface area contributed by atoms with Crippen molar-refractivity contribution in [2.24, 2.45) is 0 Å². The maximum absolute atomic E-state index is 8.89. The van der Waals surface area contributed by atoms with Crippen LogP contribution in [0.3, 0.4) is 0 Å². The van der Waals surface area contributed by atoms with E-state index in [9.17, 15) is 0 Å². The lowest BCUT2D eigenvalue weighted by atomic mass is 10.2. The molecule has 0 aliphatic carbocycles. The van der Waals surface area contributed by atoms with E-state index in [2.05, 4.69) is 25.4 Å². The average Bonchev–Trinajstić information content (AvgIpc) is 3.14. The molecule has 0 fully saturated rings. The highest BCUT2D eigenvalue weighted by atomic mass is 35.5.